The lowest BCUT2D eigenvalue weighted by atomic mass is 9.98. The Morgan fingerprint density at radius 2 is 0.985 bits per heavy atom. The largest absolute Gasteiger partial charge is 0.457 e. The van der Waals surface area contributed by atoms with Crippen LogP contribution < -0.4 is 0 Å². The standard InChI is InChI=1S/C52H92O14/c1-3-5-7-9-11-13-15-17-18-19-20-21-22-24-26-28-30-32-34-36-61-38-41(64-44(54)35-33-31-29-27-25-23-16-14-12-10-8-6-4-2)39-62-51-50(60)48(58)46(56)43(66-51)40-63-52-49(59)47(57)45(55)42(37-53)65-52/h6,8,12,14,18-19,23,25,41-43,45-53,55-60H,3-5,7,9-11,13,15-17,20-22,24,26-40H2,1-2H3/b8-6-,14-12-,19-18-,25-23-. The van der Waals surface area contributed by atoms with E-state index in [1.54, 1.807) is 0 Å². The summed E-state index contributed by atoms with van der Waals surface area (Å²) in [6, 6.07) is 0. The summed E-state index contributed by atoms with van der Waals surface area (Å²) in [6.45, 7) is 3.52. The zero-order valence-corrected chi connectivity index (χ0v) is 40.7. The number of carbonyl (C=O) groups excluding carboxylic acids is 1. The maximum Gasteiger partial charge on any atom is 0.306 e. The molecule has 14 nitrogen and oxygen atoms in total. The van der Waals surface area contributed by atoms with E-state index in [0.29, 0.717) is 13.0 Å². The van der Waals surface area contributed by atoms with Crippen LogP contribution in [0.3, 0.4) is 0 Å². The SMILES string of the molecule is CC/C=C\C/C=C\C/C=C\CCCCCC(=O)OC(COCCCCCCCCCC/C=C\CCCCCCCCC)COC1OC(COC2OC(CO)C(O)C(O)C2O)C(O)C(O)C1O. The maximum atomic E-state index is 13.0. The highest BCUT2D eigenvalue weighted by Crippen LogP contribution is 2.26. The number of aliphatic hydroxyl groups is 7. The third-order valence-corrected chi connectivity index (χ3v) is 12.1. The van der Waals surface area contributed by atoms with Crippen molar-refractivity contribution in [3.8, 4) is 0 Å². The van der Waals surface area contributed by atoms with E-state index in [0.717, 1.165) is 57.8 Å². The molecule has 0 saturated carbocycles. The molecule has 66 heavy (non-hydrogen) atoms. The Labute approximate surface area is 397 Å². The molecule has 2 saturated heterocycles. The first kappa shape index (κ1) is 60.1. The molecule has 0 amide bonds. The van der Waals surface area contributed by atoms with Crippen LogP contribution in [0.5, 0.6) is 0 Å². The zero-order chi connectivity index (χ0) is 48.0. The molecular weight excluding hydrogens is 849 g/mol. The highest BCUT2D eigenvalue weighted by Gasteiger charge is 2.47. The quantitative estimate of drug-likeness (QED) is 0.0179. The van der Waals surface area contributed by atoms with Crippen molar-refractivity contribution in [3.05, 3.63) is 48.6 Å². The molecule has 0 aliphatic carbocycles. The molecule has 2 rings (SSSR count). The predicted octanol–water partition coefficient (Wildman–Crippen LogP) is 7.57. The summed E-state index contributed by atoms with van der Waals surface area (Å²) in [5, 5.41) is 72.1. The minimum absolute atomic E-state index is 0.0466. The van der Waals surface area contributed by atoms with Gasteiger partial charge in [-0.3, -0.25) is 4.79 Å². The van der Waals surface area contributed by atoms with Crippen molar-refractivity contribution in [2.45, 2.75) is 242 Å². The number of hydrogen-bond donors (Lipinski definition) is 7. The van der Waals surface area contributed by atoms with E-state index >= 15 is 0 Å². The number of rotatable bonds is 40. The number of hydrogen-bond acceptors (Lipinski definition) is 14. The Morgan fingerprint density at radius 1 is 0.515 bits per heavy atom. The van der Waals surface area contributed by atoms with Crippen LogP contribution in [0.4, 0.5) is 0 Å². The van der Waals surface area contributed by atoms with E-state index in [-0.39, 0.29) is 19.6 Å². The lowest BCUT2D eigenvalue weighted by molar-refractivity contribution is -0.332. The van der Waals surface area contributed by atoms with Crippen LogP contribution in [-0.4, -0.2) is 142 Å². The van der Waals surface area contributed by atoms with Gasteiger partial charge >= 0.3 is 5.97 Å². The molecule has 2 fully saturated rings. The van der Waals surface area contributed by atoms with Crippen molar-refractivity contribution >= 4 is 5.97 Å². The van der Waals surface area contributed by atoms with E-state index < -0.39 is 86.7 Å². The molecule has 2 aliphatic rings. The van der Waals surface area contributed by atoms with Gasteiger partial charge in [-0.05, 0) is 70.6 Å². The molecule has 0 spiro atoms. The van der Waals surface area contributed by atoms with Crippen molar-refractivity contribution in [2.24, 2.45) is 0 Å². The van der Waals surface area contributed by atoms with Gasteiger partial charge in [-0.2, -0.15) is 0 Å². The fourth-order valence-corrected chi connectivity index (χ4v) is 7.88. The van der Waals surface area contributed by atoms with Gasteiger partial charge in [-0.15, -0.1) is 0 Å². The Kier molecular flexibility index (Phi) is 36.2. The second kappa shape index (κ2) is 39.8. The monoisotopic (exact) mass is 941 g/mol. The molecule has 11 atom stereocenters. The van der Waals surface area contributed by atoms with Gasteiger partial charge in [0.1, 0.15) is 54.9 Å². The molecule has 2 aliphatic heterocycles. The van der Waals surface area contributed by atoms with Gasteiger partial charge in [0.05, 0.1) is 26.4 Å². The van der Waals surface area contributed by atoms with E-state index in [1.165, 1.54) is 89.9 Å². The first-order valence-corrected chi connectivity index (χ1v) is 25.7. The maximum absolute atomic E-state index is 13.0. The molecule has 0 aromatic rings. The number of esters is 1. The van der Waals surface area contributed by atoms with Crippen LogP contribution in [0.2, 0.25) is 0 Å². The Morgan fingerprint density at radius 3 is 1.56 bits per heavy atom. The van der Waals surface area contributed by atoms with E-state index in [9.17, 15) is 40.5 Å². The first-order chi connectivity index (χ1) is 32.1. The minimum Gasteiger partial charge on any atom is -0.457 e. The highest BCUT2D eigenvalue weighted by molar-refractivity contribution is 5.69. The second-order valence-corrected chi connectivity index (χ2v) is 18.0. The first-order valence-electron chi connectivity index (χ1n) is 25.7. The van der Waals surface area contributed by atoms with E-state index in [4.69, 9.17) is 28.4 Å². The van der Waals surface area contributed by atoms with Crippen molar-refractivity contribution in [1.82, 2.24) is 0 Å². The number of aliphatic hydroxyl groups excluding tert-OH is 7. The molecule has 11 unspecified atom stereocenters. The van der Waals surface area contributed by atoms with Crippen molar-refractivity contribution in [2.75, 3.05) is 33.0 Å². The topological polar surface area (TPSA) is 214 Å². The summed E-state index contributed by atoms with van der Waals surface area (Å²) in [5.41, 5.74) is 0. The van der Waals surface area contributed by atoms with E-state index in [2.05, 4.69) is 62.5 Å². The third-order valence-electron chi connectivity index (χ3n) is 12.1. The van der Waals surface area contributed by atoms with Crippen molar-refractivity contribution in [3.63, 3.8) is 0 Å². The molecule has 7 N–H and O–H groups in total. The van der Waals surface area contributed by atoms with Crippen LogP contribution >= 0.6 is 0 Å². The smallest absolute Gasteiger partial charge is 0.306 e. The van der Waals surface area contributed by atoms with Gasteiger partial charge < -0.3 is 64.2 Å². The molecule has 0 aromatic carbocycles. The summed E-state index contributed by atoms with van der Waals surface area (Å²) in [4.78, 5) is 13.0. The van der Waals surface area contributed by atoms with Gasteiger partial charge in [-0.1, -0.05) is 146 Å². The number of allylic oxidation sites excluding steroid dienone is 8. The Bertz CT molecular complexity index is 1280. The van der Waals surface area contributed by atoms with Crippen LogP contribution in [-0.2, 0) is 33.2 Å². The zero-order valence-electron chi connectivity index (χ0n) is 40.7. The minimum atomic E-state index is -1.71. The van der Waals surface area contributed by atoms with Gasteiger partial charge in [0.15, 0.2) is 12.6 Å². The molecule has 0 aromatic heterocycles. The summed E-state index contributed by atoms with van der Waals surface area (Å²) in [5.74, 6) is -0.407. The van der Waals surface area contributed by atoms with Crippen molar-refractivity contribution < 1.29 is 69.0 Å². The van der Waals surface area contributed by atoms with Gasteiger partial charge in [0.2, 0.25) is 0 Å². The average molecular weight is 941 g/mol. The predicted molar refractivity (Wildman–Crippen MR) is 256 cm³/mol. The third kappa shape index (κ3) is 27.2. The molecule has 384 valence electrons. The molecule has 0 bridgehead atoms. The molecule has 0 radical (unpaired) electrons. The molecule has 14 heteroatoms. The van der Waals surface area contributed by atoms with Crippen LogP contribution in [0, 0.1) is 0 Å². The summed E-state index contributed by atoms with van der Waals surface area (Å²) >= 11 is 0. The fraction of sp³-hybridized carbons (Fsp3) is 0.827. The van der Waals surface area contributed by atoms with Crippen LogP contribution in [0.25, 0.3) is 0 Å². The summed E-state index contributed by atoms with van der Waals surface area (Å²) in [6.07, 6.45) is 29.0. The lowest BCUT2D eigenvalue weighted by Crippen LogP contribution is -2.61. The Hall–Kier alpha value is -2.05. The lowest BCUT2D eigenvalue weighted by Gasteiger charge is -2.42. The van der Waals surface area contributed by atoms with Gasteiger partial charge in [0, 0.05) is 13.0 Å². The highest BCUT2D eigenvalue weighted by atomic mass is 16.7. The second-order valence-electron chi connectivity index (χ2n) is 18.0. The van der Waals surface area contributed by atoms with Gasteiger partial charge in [0.25, 0.3) is 0 Å². The number of ether oxygens (including phenoxy) is 6. The van der Waals surface area contributed by atoms with Gasteiger partial charge in [-0.25, -0.2) is 0 Å². The van der Waals surface area contributed by atoms with E-state index in [1.807, 2.05) is 0 Å². The molecule has 2 heterocycles. The number of unbranched alkanes of at least 4 members (excludes halogenated alkanes) is 18. The van der Waals surface area contributed by atoms with Crippen molar-refractivity contribution in [1.29, 1.82) is 0 Å². The fourth-order valence-electron chi connectivity index (χ4n) is 7.88. The normalized spacial score (nSPS) is 26.7. The van der Waals surface area contributed by atoms with Crippen LogP contribution in [0.1, 0.15) is 174 Å². The summed E-state index contributed by atoms with van der Waals surface area (Å²) in [7, 11) is 0. The summed E-state index contributed by atoms with van der Waals surface area (Å²) < 4.78 is 34.2. The Balaban J connectivity index is 1.77. The van der Waals surface area contributed by atoms with Crippen LogP contribution in [0.15, 0.2) is 48.6 Å². The molecular formula is C52H92O14. The number of carbonyl (C=O) groups is 1. The average Bonchev–Trinajstić information content (AvgIpc) is 3.31.